The zero-order valence-corrected chi connectivity index (χ0v) is 20.1. The Hall–Kier alpha value is -2.90. The number of methoxy groups -OCH3 is 1. The molecular weight excluding hydrogens is 454 g/mol. The van der Waals surface area contributed by atoms with Gasteiger partial charge in [-0.15, -0.1) is 0 Å². The minimum Gasteiger partial charge on any atom is -0.495 e. The number of para-hydroxylation sites is 1. The lowest BCUT2D eigenvalue weighted by atomic mass is 9.75. The van der Waals surface area contributed by atoms with E-state index in [1.165, 1.54) is 12.0 Å². The summed E-state index contributed by atoms with van der Waals surface area (Å²) in [5.74, 6) is -1.84. The first-order chi connectivity index (χ1) is 16.4. The van der Waals surface area contributed by atoms with Crippen molar-refractivity contribution in [3.63, 3.8) is 0 Å². The molecule has 8 heteroatoms. The monoisotopic (exact) mass is 479 g/mol. The zero-order valence-electron chi connectivity index (χ0n) is 19.4. The van der Waals surface area contributed by atoms with Crippen LogP contribution in [0.5, 0.6) is 5.75 Å². The number of carbonyl (C=O) groups is 3. The van der Waals surface area contributed by atoms with Crippen molar-refractivity contribution >= 4 is 40.7 Å². The Morgan fingerprint density at radius 2 is 2.00 bits per heavy atom. The number of ether oxygens (including phenoxy) is 1. The number of hydrogen-bond acceptors (Lipinski definition) is 5. The van der Waals surface area contributed by atoms with Gasteiger partial charge < -0.3 is 10.1 Å². The molecule has 3 amide bonds. The van der Waals surface area contributed by atoms with Gasteiger partial charge in [-0.2, -0.15) is 0 Å². The maximum atomic E-state index is 14.2. The molecule has 4 aliphatic heterocycles. The summed E-state index contributed by atoms with van der Waals surface area (Å²) in [6.45, 7) is 4.55. The van der Waals surface area contributed by atoms with E-state index in [1.54, 1.807) is 12.1 Å². The molecule has 4 heterocycles. The van der Waals surface area contributed by atoms with Gasteiger partial charge in [0.25, 0.3) is 0 Å². The predicted molar refractivity (Wildman–Crippen MR) is 128 cm³/mol. The van der Waals surface area contributed by atoms with Crippen molar-refractivity contribution in [3.05, 3.63) is 52.0 Å². The summed E-state index contributed by atoms with van der Waals surface area (Å²) < 4.78 is 5.50. The SMILES string of the molecule is CCc1cccc2c1NC(=O)[C@@]21[C@@H]2C(=O)N(c3cc(C)c(Cl)cc3OC)C(=O)[C@H]2[C@H]2CCCN21. The van der Waals surface area contributed by atoms with Gasteiger partial charge in [-0.25, -0.2) is 4.90 Å². The molecule has 3 fully saturated rings. The quantitative estimate of drug-likeness (QED) is 0.680. The third-order valence-corrected chi connectivity index (χ3v) is 8.60. The summed E-state index contributed by atoms with van der Waals surface area (Å²) in [6.07, 6.45) is 2.43. The van der Waals surface area contributed by atoms with E-state index in [2.05, 4.69) is 10.2 Å². The van der Waals surface area contributed by atoms with Gasteiger partial charge in [0, 0.05) is 28.4 Å². The molecule has 2 aromatic carbocycles. The van der Waals surface area contributed by atoms with E-state index in [1.807, 2.05) is 32.0 Å². The first-order valence-electron chi connectivity index (χ1n) is 11.8. The Bertz CT molecular complexity index is 1280. The van der Waals surface area contributed by atoms with Gasteiger partial charge in [0.15, 0.2) is 0 Å². The highest BCUT2D eigenvalue weighted by Gasteiger charge is 2.74. The maximum absolute atomic E-state index is 14.2. The van der Waals surface area contributed by atoms with E-state index in [4.69, 9.17) is 16.3 Å². The number of benzene rings is 2. The van der Waals surface area contributed by atoms with Gasteiger partial charge in [0.05, 0.1) is 24.6 Å². The number of hydrogen-bond donors (Lipinski definition) is 1. The average molecular weight is 480 g/mol. The Morgan fingerprint density at radius 1 is 1.21 bits per heavy atom. The van der Waals surface area contributed by atoms with Crippen molar-refractivity contribution in [1.29, 1.82) is 0 Å². The van der Waals surface area contributed by atoms with Crippen molar-refractivity contribution < 1.29 is 19.1 Å². The van der Waals surface area contributed by atoms with Gasteiger partial charge in [0.1, 0.15) is 11.3 Å². The van der Waals surface area contributed by atoms with Crippen LogP contribution in [0.25, 0.3) is 0 Å². The molecule has 1 spiro atoms. The molecule has 4 aliphatic rings. The highest BCUT2D eigenvalue weighted by molar-refractivity contribution is 6.32. The van der Waals surface area contributed by atoms with E-state index in [9.17, 15) is 14.4 Å². The second-order valence-corrected chi connectivity index (χ2v) is 10.0. The highest BCUT2D eigenvalue weighted by Crippen LogP contribution is 2.61. The summed E-state index contributed by atoms with van der Waals surface area (Å²) in [5.41, 5.74) is 2.59. The molecule has 0 aromatic heterocycles. The van der Waals surface area contributed by atoms with Crippen LogP contribution in [-0.4, -0.2) is 42.3 Å². The third kappa shape index (κ3) is 2.44. The van der Waals surface area contributed by atoms with Crippen LogP contribution in [0.1, 0.15) is 36.5 Å². The summed E-state index contributed by atoms with van der Waals surface area (Å²) in [7, 11) is 1.49. The molecule has 4 atom stereocenters. The van der Waals surface area contributed by atoms with Crippen molar-refractivity contribution in [3.8, 4) is 5.75 Å². The first kappa shape index (κ1) is 21.6. The lowest BCUT2D eigenvalue weighted by Crippen LogP contribution is -2.54. The minimum atomic E-state index is -1.18. The number of aryl methyl sites for hydroxylation is 2. The van der Waals surface area contributed by atoms with Gasteiger partial charge in [-0.05, 0) is 49.9 Å². The molecule has 6 rings (SSSR count). The standard InChI is InChI=1S/C26H26ClN3O4/c1-4-14-7-5-8-15-22(14)28-25(33)26(15)21-20(17-9-6-10-29(17)26)23(31)30(24(21)32)18-11-13(2)16(27)12-19(18)34-3/h5,7-8,11-12,17,20-21H,4,6,9-10H2,1-3H3,(H,28,33)/t17-,20+,21+,26+/m1/s1. The number of nitrogens with one attached hydrogen (secondary N) is 1. The van der Waals surface area contributed by atoms with Crippen LogP contribution in [-0.2, 0) is 26.3 Å². The summed E-state index contributed by atoms with van der Waals surface area (Å²) in [6, 6.07) is 9.08. The number of halogens is 1. The molecule has 3 saturated heterocycles. The highest BCUT2D eigenvalue weighted by atomic mass is 35.5. The molecular formula is C26H26ClN3O4. The number of anilines is 2. The van der Waals surface area contributed by atoms with Crippen LogP contribution < -0.4 is 15.0 Å². The normalized spacial score (nSPS) is 29.6. The predicted octanol–water partition coefficient (Wildman–Crippen LogP) is 3.65. The second-order valence-electron chi connectivity index (χ2n) is 9.61. The van der Waals surface area contributed by atoms with Crippen LogP contribution in [0.4, 0.5) is 11.4 Å². The topological polar surface area (TPSA) is 79.0 Å². The largest absolute Gasteiger partial charge is 0.495 e. The van der Waals surface area contributed by atoms with E-state index in [0.29, 0.717) is 23.0 Å². The molecule has 0 bridgehead atoms. The first-order valence-corrected chi connectivity index (χ1v) is 12.2. The molecule has 34 heavy (non-hydrogen) atoms. The van der Waals surface area contributed by atoms with Gasteiger partial charge >= 0.3 is 0 Å². The number of carbonyl (C=O) groups excluding carboxylic acids is 3. The van der Waals surface area contributed by atoms with Crippen molar-refractivity contribution in [2.24, 2.45) is 11.8 Å². The van der Waals surface area contributed by atoms with E-state index in [-0.39, 0.29) is 23.8 Å². The van der Waals surface area contributed by atoms with Crippen molar-refractivity contribution in [2.75, 3.05) is 23.9 Å². The van der Waals surface area contributed by atoms with Gasteiger partial charge in [-0.3, -0.25) is 19.3 Å². The Kier molecular flexibility index (Phi) is 4.64. The van der Waals surface area contributed by atoms with Crippen LogP contribution >= 0.6 is 11.6 Å². The average Bonchev–Trinajstić information content (AvgIpc) is 3.53. The zero-order chi connectivity index (χ0) is 23.9. The number of imide groups is 1. The third-order valence-electron chi connectivity index (χ3n) is 8.20. The molecule has 0 saturated carbocycles. The summed E-state index contributed by atoms with van der Waals surface area (Å²) in [5, 5.41) is 3.59. The minimum absolute atomic E-state index is 0.159. The smallest absolute Gasteiger partial charge is 0.250 e. The lowest BCUT2D eigenvalue weighted by Gasteiger charge is -2.36. The van der Waals surface area contributed by atoms with Gasteiger partial charge in [-0.1, -0.05) is 36.7 Å². The van der Waals surface area contributed by atoms with E-state index < -0.39 is 17.4 Å². The molecule has 1 N–H and O–H groups in total. The van der Waals surface area contributed by atoms with Crippen LogP contribution in [0.2, 0.25) is 5.02 Å². The van der Waals surface area contributed by atoms with E-state index in [0.717, 1.165) is 41.6 Å². The fourth-order valence-electron chi connectivity index (χ4n) is 6.81. The second kappa shape index (κ2) is 7.30. The number of rotatable bonds is 3. The number of amides is 3. The summed E-state index contributed by atoms with van der Waals surface area (Å²) >= 11 is 6.29. The molecule has 176 valence electrons. The van der Waals surface area contributed by atoms with Crippen molar-refractivity contribution in [2.45, 2.75) is 44.7 Å². The summed E-state index contributed by atoms with van der Waals surface area (Å²) in [4.78, 5) is 45.3. The molecule has 0 aliphatic carbocycles. The Labute approximate surface area is 203 Å². The Morgan fingerprint density at radius 3 is 2.74 bits per heavy atom. The molecule has 2 aromatic rings. The van der Waals surface area contributed by atoms with Crippen LogP contribution in [0.3, 0.4) is 0 Å². The molecule has 7 nitrogen and oxygen atoms in total. The Balaban J connectivity index is 1.56. The molecule has 0 unspecified atom stereocenters. The fraction of sp³-hybridized carbons (Fsp3) is 0.423. The number of nitrogens with zero attached hydrogens (tertiary/aromatic N) is 2. The van der Waals surface area contributed by atoms with Gasteiger partial charge in [0.2, 0.25) is 17.7 Å². The van der Waals surface area contributed by atoms with Crippen LogP contribution in [0, 0.1) is 18.8 Å². The lowest BCUT2D eigenvalue weighted by molar-refractivity contribution is -0.135. The fourth-order valence-corrected chi connectivity index (χ4v) is 6.96. The van der Waals surface area contributed by atoms with Crippen molar-refractivity contribution in [1.82, 2.24) is 4.90 Å². The van der Waals surface area contributed by atoms with Crippen LogP contribution in [0.15, 0.2) is 30.3 Å². The van der Waals surface area contributed by atoms with E-state index >= 15 is 0 Å². The maximum Gasteiger partial charge on any atom is 0.250 e. The molecule has 0 radical (unpaired) electrons. The number of fused-ring (bicyclic) bond motifs is 7.